The molecule has 2 fully saturated rings. The number of piperazine rings is 1. The molecule has 3 rings (SSSR count). The molecule has 1 amide bonds. The molecule has 1 aliphatic heterocycles. The van der Waals surface area contributed by atoms with Gasteiger partial charge in [-0.3, -0.25) is 9.69 Å². The summed E-state index contributed by atoms with van der Waals surface area (Å²) in [5, 5.41) is 0. The van der Waals surface area contributed by atoms with Gasteiger partial charge in [0, 0.05) is 32.2 Å². The number of ether oxygens (including phenoxy) is 1. The number of rotatable bonds is 4. The molecule has 0 radical (unpaired) electrons. The number of methoxy groups -OCH3 is 1. The van der Waals surface area contributed by atoms with E-state index in [2.05, 4.69) is 4.90 Å². The minimum absolute atomic E-state index is 0.251. The molecule has 1 aromatic carbocycles. The second kappa shape index (κ2) is 8.52. The molecule has 1 saturated carbocycles. The number of hydrogen-bond donors (Lipinski definition) is 0. The van der Waals surface area contributed by atoms with Gasteiger partial charge in [-0.1, -0.05) is 37.8 Å². The second-order valence-corrected chi connectivity index (χ2v) is 7.09. The average molecular weight is 330 g/mol. The van der Waals surface area contributed by atoms with Gasteiger partial charge in [-0.05, 0) is 30.5 Å². The van der Waals surface area contributed by atoms with Crippen LogP contribution in [-0.2, 0) is 11.2 Å². The van der Waals surface area contributed by atoms with Crippen molar-refractivity contribution in [3.05, 3.63) is 29.8 Å². The third-order valence-corrected chi connectivity index (χ3v) is 5.52. The van der Waals surface area contributed by atoms with E-state index in [1.807, 2.05) is 29.2 Å². The van der Waals surface area contributed by atoms with E-state index >= 15 is 0 Å². The molecule has 2 aliphatic rings. The molecular formula is C20H30N2O2. The molecule has 0 bridgehead atoms. The lowest BCUT2D eigenvalue weighted by Crippen LogP contribution is -2.52. The smallest absolute Gasteiger partial charge is 0.227 e. The fourth-order valence-electron chi connectivity index (χ4n) is 3.99. The summed E-state index contributed by atoms with van der Waals surface area (Å²) in [5.41, 5.74) is 1.06. The first kappa shape index (κ1) is 17.3. The van der Waals surface area contributed by atoms with Crippen LogP contribution in [0.3, 0.4) is 0 Å². The highest BCUT2D eigenvalue weighted by Crippen LogP contribution is 2.23. The topological polar surface area (TPSA) is 32.8 Å². The highest BCUT2D eigenvalue weighted by atomic mass is 16.5. The maximum absolute atomic E-state index is 12.5. The van der Waals surface area contributed by atoms with Crippen molar-refractivity contribution in [1.82, 2.24) is 9.80 Å². The standard InChI is InChI=1S/C20H30N2O2/c1-24-19-10-8-17(9-11-19)16-20(23)22-14-12-21(13-15-22)18-6-4-2-3-5-7-18/h8-11,18H,2-7,12-16H2,1H3. The van der Waals surface area contributed by atoms with Gasteiger partial charge < -0.3 is 9.64 Å². The van der Waals surface area contributed by atoms with E-state index < -0.39 is 0 Å². The van der Waals surface area contributed by atoms with Crippen molar-refractivity contribution in [3.8, 4) is 5.75 Å². The minimum Gasteiger partial charge on any atom is -0.497 e. The van der Waals surface area contributed by atoms with Crippen LogP contribution in [0.4, 0.5) is 0 Å². The van der Waals surface area contributed by atoms with E-state index in [-0.39, 0.29) is 5.91 Å². The first-order valence-corrected chi connectivity index (χ1v) is 9.41. The molecule has 0 aromatic heterocycles. The van der Waals surface area contributed by atoms with Gasteiger partial charge in [0.25, 0.3) is 0 Å². The molecule has 0 spiro atoms. The van der Waals surface area contributed by atoms with Gasteiger partial charge in [0.2, 0.25) is 5.91 Å². The number of carbonyl (C=O) groups excluding carboxylic acids is 1. The van der Waals surface area contributed by atoms with Crippen molar-refractivity contribution in [2.45, 2.75) is 51.0 Å². The zero-order valence-electron chi connectivity index (χ0n) is 14.9. The van der Waals surface area contributed by atoms with Crippen LogP contribution in [0.1, 0.15) is 44.1 Å². The molecule has 0 N–H and O–H groups in total. The van der Waals surface area contributed by atoms with Crippen LogP contribution < -0.4 is 4.74 Å². The average Bonchev–Trinajstić information content (AvgIpc) is 2.92. The molecule has 1 aliphatic carbocycles. The van der Waals surface area contributed by atoms with Crippen LogP contribution in [-0.4, -0.2) is 55.0 Å². The second-order valence-electron chi connectivity index (χ2n) is 7.09. The van der Waals surface area contributed by atoms with Crippen LogP contribution >= 0.6 is 0 Å². The van der Waals surface area contributed by atoms with Gasteiger partial charge in [0.05, 0.1) is 13.5 Å². The number of carbonyl (C=O) groups is 1. The Bertz CT molecular complexity index is 513. The van der Waals surface area contributed by atoms with Gasteiger partial charge in [-0.25, -0.2) is 0 Å². The van der Waals surface area contributed by atoms with Crippen LogP contribution in [0.5, 0.6) is 5.75 Å². The van der Waals surface area contributed by atoms with Gasteiger partial charge in [-0.2, -0.15) is 0 Å². The Kier molecular flexibility index (Phi) is 6.13. The van der Waals surface area contributed by atoms with Gasteiger partial charge in [0.15, 0.2) is 0 Å². The first-order chi connectivity index (χ1) is 11.8. The number of hydrogen-bond acceptors (Lipinski definition) is 3. The molecule has 4 heteroatoms. The largest absolute Gasteiger partial charge is 0.497 e. The fourth-order valence-corrected chi connectivity index (χ4v) is 3.99. The van der Waals surface area contributed by atoms with Crippen molar-refractivity contribution in [2.24, 2.45) is 0 Å². The summed E-state index contributed by atoms with van der Waals surface area (Å²) in [6.45, 7) is 3.84. The number of nitrogens with zero attached hydrogens (tertiary/aromatic N) is 2. The van der Waals surface area contributed by atoms with E-state index in [0.29, 0.717) is 6.42 Å². The molecule has 132 valence electrons. The summed E-state index contributed by atoms with van der Waals surface area (Å²) in [6, 6.07) is 8.57. The van der Waals surface area contributed by atoms with Crippen LogP contribution in [0.2, 0.25) is 0 Å². The van der Waals surface area contributed by atoms with Gasteiger partial charge in [0.1, 0.15) is 5.75 Å². The van der Waals surface area contributed by atoms with Crippen molar-refractivity contribution in [1.29, 1.82) is 0 Å². The lowest BCUT2D eigenvalue weighted by molar-refractivity contribution is -0.132. The monoisotopic (exact) mass is 330 g/mol. The number of amides is 1. The lowest BCUT2D eigenvalue weighted by atomic mass is 10.1. The molecule has 1 heterocycles. The van der Waals surface area contributed by atoms with Crippen LogP contribution in [0.15, 0.2) is 24.3 Å². The Morgan fingerprint density at radius 3 is 2.21 bits per heavy atom. The van der Waals surface area contributed by atoms with Crippen LogP contribution in [0.25, 0.3) is 0 Å². The van der Waals surface area contributed by atoms with Crippen molar-refractivity contribution in [3.63, 3.8) is 0 Å². The van der Waals surface area contributed by atoms with E-state index in [1.54, 1.807) is 7.11 Å². The van der Waals surface area contributed by atoms with E-state index in [1.165, 1.54) is 38.5 Å². The quantitative estimate of drug-likeness (QED) is 0.795. The maximum Gasteiger partial charge on any atom is 0.227 e. The summed E-state index contributed by atoms with van der Waals surface area (Å²) in [7, 11) is 1.66. The predicted octanol–water partition coefficient (Wildman–Crippen LogP) is 3.10. The fraction of sp³-hybridized carbons (Fsp3) is 0.650. The Labute approximate surface area is 145 Å². The molecule has 0 unspecified atom stereocenters. The summed E-state index contributed by atoms with van der Waals surface area (Å²) < 4.78 is 5.17. The van der Waals surface area contributed by atoms with E-state index in [9.17, 15) is 4.79 Å². The molecule has 24 heavy (non-hydrogen) atoms. The minimum atomic E-state index is 0.251. The van der Waals surface area contributed by atoms with Crippen molar-refractivity contribution < 1.29 is 9.53 Å². The molecule has 0 atom stereocenters. The Balaban J connectivity index is 1.47. The number of benzene rings is 1. The highest BCUT2D eigenvalue weighted by Gasteiger charge is 2.26. The SMILES string of the molecule is COc1ccc(CC(=O)N2CCN(C3CCCCCC3)CC2)cc1. The Morgan fingerprint density at radius 2 is 1.62 bits per heavy atom. The molecule has 1 saturated heterocycles. The zero-order valence-corrected chi connectivity index (χ0v) is 14.9. The normalized spacial score (nSPS) is 20.6. The summed E-state index contributed by atoms with van der Waals surface area (Å²) in [6.07, 6.45) is 8.74. The molecule has 1 aromatic rings. The van der Waals surface area contributed by atoms with E-state index in [4.69, 9.17) is 4.74 Å². The van der Waals surface area contributed by atoms with Crippen molar-refractivity contribution >= 4 is 5.91 Å². The zero-order chi connectivity index (χ0) is 16.8. The summed E-state index contributed by atoms with van der Waals surface area (Å²) >= 11 is 0. The lowest BCUT2D eigenvalue weighted by Gasteiger charge is -2.39. The Hall–Kier alpha value is -1.55. The third-order valence-electron chi connectivity index (χ3n) is 5.52. The van der Waals surface area contributed by atoms with Crippen molar-refractivity contribution in [2.75, 3.05) is 33.3 Å². The molecule has 4 nitrogen and oxygen atoms in total. The summed E-state index contributed by atoms with van der Waals surface area (Å²) in [5.74, 6) is 1.09. The summed E-state index contributed by atoms with van der Waals surface area (Å²) in [4.78, 5) is 17.2. The third kappa shape index (κ3) is 4.50. The molecular weight excluding hydrogens is 300 g/mol. The van der Waals surface area contributed by atoms with Gasteiger partial charge >= 0.3 is 0 Å². The Morgan fingerprint density at radius 1 is 1.00 bits per heavy atom. The van der Waals surface area contributed by atoms with Gasteiger partial charge in [-0.15, -0.1) is 0 Å². The predicted molar refractivity (Wildman–Crippen MR) is 96.3 cm³/mol. The van der Waals surface area contributed by atoms with Crippen LogP contribution in [0, 0.1) is 0 Å². The highest BCUT2D eigenvalue weighted by molar-refractivity contribution is 5.79. The first-order valence-electron chi connectivity index (χ1n) is 9.41. The van der Waals surface area contributed by atoms with E-state index in [0.717, 1.165) is 43.5 Å². The maximum atomic E-state index is 12.5.